The number of halogens is 2. The first-order chi connectivity index (χ1) is 7.08. The summed E-state index contributed by atoms with van der Waals surface area (Å²) in [5, 5.41) is 2.71. The van der Waals surface area contributed by atoms with Crippen molar-refractivity contribution < 1.29 is 9.18 Å². The number of anilines is 2. The lowest BCUT2D eigenvalue weighted by Crippen LogP contribution is -2.18. The number of amides is 1. The smallest absolute Gasteiger partial charge is 0.226 e. The van der Waals surface area contributed by atoms with Crippen LogP contribution in [-0.2, 0) is 4.79 Å². The highest BCUT2D eigenvalue weighted by atomic mass is 35.5. The van der Waals surface area contributed by atoms with Gasteiger partial charge in [0.15, 0.2) is 0 Å². The highest BCUT2D eigenvalue weighted by Crippen LogP contribution is 2.32. The van der Waals surface area contributed by atoms with Crippen molar-refractivity contribution in [2.45, 2.75) is 6.42 Å². The van der Waals surface area contributed by atoms with Gasteiger partial charge in [-0.3, -0.25) is 4.79 Å². The number of fused-ring (bicyclic) bond motifs is 1. The maximum Gasteiger partial charge on any atom is 0.226 e. The largest absolute Gasteiger partial charge is 0.372 e. The summed E-state index contributed by atoms with van der Waals surface area (Å²) in [6.07, 6.45) is 0.393. The number of benzene rings is 1. The molecule has 80 valence electrons. The van der Waals surface area contributed by atoms with Gasteiger partial charge in [-0.2, -0.15) is 0 Å². The van der Waals surface area contributed by atoms with E-state index in [2.05, 4.69) is 5.32 Å². The van der Waals surface area contributed by atoms with Crippen molar-refractivity contribution in [3.63, 3.8) is 0 Å². The van der Waals surface area contributed by atoms with Gasteiger partial charge in [-0.15, -0.1) is 0 Å². The predicted octanol–water partition coefficient (Wildman–Crippen LogP) is 2.26. The van der Waals surface area contributed by atoms with E-state index in [-0.39, 0.29) is 10.9 Å². The molecule has 0 radical (unpaired) electrons. The van der Waals surface area contributed by atoms with Gasteiger partial charge in [-0.05, 0) is 6.07 Å². The average Bonchev–Trinajstić information content (AvgIpc) is 2.30. The third kappa shape index (κ3) is 1.90. The van der Waals surface area contributed by atoms with Gasteiger partial charge >= 0.3 is 0 Å². The molecule has 0 unspecified atom stereocenters. The molecule has 3 nitrogen and oxygen atoms in total. The molecule has 0 saturated carbocycles. The van der Waals surface area contributed by atoms with Gasteiger partial charge in [0.1, 0.15) is 5.82 Å². The highest BCUT2D eigenvalue weighted by molar-refractivity contribution is 6.31. The minimum Gasteiger partial charge on any atom is -0.372 e. The van der Waals surface area contributed by atoms with E-state index >= 15 is 0 Å². The van der Waals surface area contributed by atoms with Gasteiger partial charge in [0.25, 0.3) is 0 Å². The molecule has 5 heteroatoms. The van der Waals surface area contributed by atoms with Crippen LogP contribution in [0.25, 0.3) is 0 Å². The summed E-state index contributed by atoms with van der Waals surface area (Å²) < 4.78 is 13.2. The molecule has 1 heterocycles. The Bertz CT molecular complexity index is 422. The van der Waals surface area contributed by atoms with E-state index in [9.17, 15) is 9.18 Å². The van der Waals surface area contributed by atoms with Crippen molar-refractivity contribution in [3.8, 4) is 0 Å². The van der Waals surface area contributed by atoms with Crippen LogP contribution < -0.4 is 10.2 Å². The second kappa shape index (κ2) is 3.70. The molecule has 1 aromatic rings. The van der Waals surface area contributed by atoms with Gasteiger partial charge in [0, 0.05) is 26.1 Å². The van der Waals surface area contributed by atoms with Crippen molar-refractivity contribution in [3.05, 3.63) is 23.0 Å². The van der Waals surface area contributed by atoms with Crippen molar-refractivity contribution in [2.24, 2.45) is 0 Å². The third-order valence-corrected chi connectivity index (χ3v) is 2.69. The summed E-state index contributed by atoms with van der Waals surface area (Å²) in [5.41, 5.74) is 1.22. The SMILES string of the molecule is CN1CCC(=O)Nc2cc(F)c(Cl)cc21. The van der Waals surface area contributed by atoms with E-state index in [1.165, 1.54) is 12.1 Å². The second-order valence-corrected chi connectivity index (χ2v) is 3.91. The lowest BCUT2D eigenvalue weighted by atomic mass is 10.2. The number of carbonyl (C=O) groups excluding carboxylic acids is 1. The summed E-state index contributed by atoms with van der Waals surface area (Å²) in [4.78, 5) is 13.2. The molecule has 0 saturated heterocycles. The number of rotatable bonds is 0. The fourth-order valence-corrected chi connectivity index (χ4v) is 1.71. The minimum absolute atomic E-state index is 0.0664. The second-order valence-electron chi connectivity index (χ2n) is 3.50. The molecule has 0 spiro atoms. The number of hydrogen-bond donors (Lipinski definition) is 1. The molecule has 0 aromatic heterocycles. The molecule has 1 aromatic carbocycles. The summed E-state index contributed by atoms with van der Waals surface area (Å²) >= 11 is 5.69. The molecular weight excluding hydrogens is 219 g/mol. The Labute approximate surface area is 91.8 Å². The molecule has 1 amide bonds. The van der Waals surface area contributed by atoms with E-state index in [1.54, 1.807) is 0 Å². The van der Waals surface area contributed by atoms with Gasteiger partial charge < -0.3 is 10.2 Å². The number of hydrogen-bond acceptors (Lipinski definition) is 2. The first-order valence-electron chi connectivity index (χ1n) is 4.58. The van der Waals surface area contributed by atoms with Crippen LogP contribution in [0.1, 0.15) is 6.42 Å². The van der Waals surface area contributed by atoms with Crippen molar-refractivity contribution in [2.75, 3.05) is 23.8 Å². The molecule has 1 aliphatic heterocycles. The Morgan fingerprint density at radius 1 is 1.53 bits per heavy atom. The number of nitrogens with one attached hydrogen (secondary N) is 1. The summed E-state index contributed by atoms with van der Waals surface area (Å²) in [6.45, 7) is 0.598. The quantitative estimate of drug-likeness (QED) is 0.739. The van der Waals surface area contributed by atoms with Crippen LogP contribution in [0.4, 0.5) is 15.8 Å². The summed E-state index contributed by atoms with van der Waals surface area (Å²) in [7, 11) is 1.84. The van der Waals surface area contributed by atoms with Gasteiger partial charge in [0.05, 0.1) is 16.4 Å². The van der Waals surface area contributed by atoms with E-state index in [4.69, 9.17) is 11.6 Å². The molecule has 1 aliphatic rings. The molecule has 0 atom stereocenters. The van der Waals surface area contributed by atoms with Crippen LogP contribution in [0.15, 0.2) is 12.1 Å². The Balaban J connectivity index is 2.52. The van der Waals surface area contributed by atoms with E-state index in [1.807, 2.05) is 11.9 Å². The van der Waals surface area contributed by atoms with Gasteiger partial charge in [-0.1, -0.05) is 11.6 Å². The molecule has 0 bridgehead atoms. The molecule has 0 aliphatic carbocycles. The molecule has 1 N–H and O–H groups in total. The maximum absolute atomic E-state index is 13.2. The normalized spacial score (nSPS) is 15.7. The minimum atomic E-state index is -0.522. The van der Waals surface area contributed by atoms with Crippen LogP contribution in [-0.4, -0.2) is 19.5 Å². The van der Waals surface area contributed by atoms with E-state index in [0.29, 0.717) is 18.7 Å². The lowest BCUT2D eigenvalue weighted by Gasteiger charge is -2.18. The fourth-order valence-electron chi connectivity index (χ4n) is 1.55. The van der Waals surface area contributed by atoms with Gasteiger partial charge in [-0.25, -0.2) is 4.39 Å². The zero-order chi connectivity index (χ0) is 11.0. The standard InChI is InChI=1S/C10H10ClFN2O/c1-14-3-2-10(15)13-8-5-7(12)6(11)4-9(8)14/h4-5H,2-3H2,1H3,(H,13,15). The van der Waals surface area contributed by atoms with Crippen LogP contribution in [0.3, 0.4) is 0 Å². The number of carbonyl (C=O) groups is 1. The van der Waals surface area contributed by atoms with Crippen LogP contribution >= 0.6 is 11.6 Å². The summed E-state index contributed by atoms with van der Waals surface area (Å²) in [6, 6.07) is 2.77. The first kappa shape index (κ1) is 10.2. The monoisotopic (exact) mass is 228 g/mol. The Kier molecular flexibility index (Phi) is 2.52. The zero-order valence-corrected chi connectivity index (χ0v) is 8.94. The first-order valence-corrected chi connectivity index (χ1v) is 4.96. The molecule has 0 fully saturated rings. The van der Waals surface area contributed by atoms with E-state index < -0.39 is 5.82 Å². The Morgan fingerprint density at radius 2 is 2.27 bits per heavy atom. The molecule has 2 rings (SSSR count). The maximum atomic E-state index is 13.2. The van der Waals surface area contributed by atoms with Crippen molar-refractivity contribution in [1.82, 2.24) is 0 Å². The zero-order valence-electron chi connectivity index (χ0n) is 8.18. The molecular formula is C10H10ClFN2O. The Hall–Kier alpha value is -1.29. The van der Waals surface area contributed by atoms with Crippen LogP contribution in [0.2, 0.25) is 5.02 Å². The van der Waals surface area contributed by atoms with Gasteiger partial charge in [0.2, 0.25) is 5.91 Å². The molecule has 15 heavy (non-hydrogen) atoms. The van der Waals surface area contributed by atoms with Crippen molar-refractivity contribution in [1.29, 1.82) is 0 Å². The van der Waals surface area contributed by atoms with E-state index in [0.717, 1.165) is 5.69 Å². The average molecular weight is 229 g/mol. The van der Waals surface area contributed by atoms with Crippen LogP contribution in [0, 0.1) is 5.82 Å². The topological polar surface area (TPSA) is 32.3 Å². The predicted molar refractivity (Wildman–Crippen MR) is 57.9 cm³/mol. The van der Waals surface area contributed by atoms with Crippen LogP contribution in [0.5, 0.6) is 0 Å². The highest BCUT2D eigenvalue weighted by Gasteiger charge is 2.18. The number of nitrogens with zero attached hydrogens (tertiary/aromatic N) is 1. The lowest BCUT2D eigenvalue weighted by molar-refractivity contribution is -0.115. The Morgan fingerprint density at radius 3 is 3.00 bits per heavy atom. The van der Waals surface area contributed by atoms with Crippen molar-refractivity contribution >= 4 is 28.9 Å². The fraction of sp³-hybridized carbons (Fsp3) is 0.300. The summed E-state index contributed by atoms with van der Waals surface area (Å²) in [5.74, 6) is -0.631. The third-order valence-electron chi connectivity index (χ3n) is 2.40.